The fraction of sp³-hybridized carbons (Fsp3) is 0.238. The molecule has 1 heterocycles. The maximum absolute atomic E-state index is 13.1. The van der Waals surface area contributed by atoms with E-state index in [9.17, 15) is 9.18 Å². The Balaban J connectivity index is 1.54. The molecule has 1 aromatic heterocycles. The Morgan fingerprint density at radius 1 is 1.15 bits per heavy atom. The van der Waals surface area contributed by atoms with Gasteiger partial charge < -0.3 is 10.1 Å². The number of aromatic nitrogens is 2. The van der Waals surface area contributed by atoms with Crippen LogP contribution in [0.1, 0.15) is 23.4 Å². The standard InChI is InChI=1S/C21H22FN3O2/c1-15-20(16(2)25(24-15)18-8-4-3-5-9-18)14-23-21(26)11-12-27-19-10-6-7-17(22)13-19/h3-10,13H,11-12,14H2,1-2H3,(H,23,26). The zero-order valence-electron chi connectivity index (χ0n) is 15.4. The molecular weight excluding hydrogens is 345 g/mol. The molecule has 0 aliphatic rings. The van der Waals surface area contributed by atoms with Gasteiger partial charge in [-0.25, -0.2) is 9.07 Å². The number of halogens is 1. The largest absolute Gasteiger partial charge is 0.493 e. The van der Waals surface area contributed by atoms with Gasteiger partial charge in [0.15, 0.2) is 0 Å². The normalized spacial score (nSPS) is 10.6. The number of rotatable bonds is 7. The minimum Gasteiger partial charge on any atom is -0.493 e. The van der Waals surface area contributed by atoms with E-state index in [2.05, 4.69) is 10.4 Å². The molecule has 27 heavy (non-hydrogen) atoms. The number of nitrogens with zero attached hydrogens (tertiary/aromatic N) is 2. The molecule has 0 saturated carbocycles. The summed E-state index contributed by atoms with van der Waals surface area (Å²) in [6.45, 7) is 4.52. The van der Waals surface area contributed by atoms with Crippen LogP contribution in [0.2, 0.25) is 0 Å². The van der Waals surface area contributed by atoms with Gasteiger partial charge in [0, 0.05) is 23.9 Å². The van der Waals surface area contributed by atoms with E-state index in [0.717, 1.165) is 22.6 Å². The zero-order chi connectivity index (χ0) is 19.2. The predicted octanol–water partition coefficient (Wildman–Crippen LogP) is 3.71. The third-order valence-electron chi connectivity index (χ3n) is 4.30. The first kappa shape index (κ1) is 18.6. The number of carbonyl (C=O) groups is 1. The Morgan fingerprint density at radius 3 is 2.67 bits per heavy atom. The van der Waals surface area contributed by atoms with Crippen LogP contribution in [0, 0.1) is 19.7 Å². The summed E-state index contributed by atoms with van der Waals surface area (Å²) in [5.74, 6) is -0.0744. The van der Waals surface area contributed by atoms with Gasteiger partial charge in [0.05, 0.1) is 24.4 Å². The average molecular weight is 367 g/mol. The summed E-state index contributed by atoms with van der Waals surface area (Å²) in [5, 5.41) is 7.47. The van der Waals surface area contributed by atoms with Crippen LogP contribution in [0.25, 0.3) is 5.69 Å². The quantitative estimate of drug-likeness (QED) is 0.693. The van der Waals surface area contributed by atoms with Crippen molar-refractivity contribution in [3.63, 3.8) is 0 Å². The number of carbonyl (C=O) groups excluding carboxylic acids is 1. The smallest absolute Gasteiger partial charge is 0.223 e. The van der Waals surface area contributed by atoms with Gasteiger partial charge in [0.2, 0.25) is 5.91 Å². The molecule has 0 fully saturated rings. The third kappa shape index (κ3) is 4.73. The second-order valence-corrected chi connectivity index (χ2v) is 6.23. The van der Waals surface area contributed by atoms with Crippen molar-refractivity contribution in [2.75, 3.05) is 6.61 Å². The van der Waals surface area contributed by atoms with Crippen molar-refractivity contribution in [3.05, 3.63) is 77.4 Å². The molecule has 0 saturated heterocycles. The lowest BCUT2D eigenvalue weighted by Gasteiger charge is -2.08. The van der Waals surface area contributed by atoms with E-state index in [4.69, 9.17) is 4.74 Å². The zero-order valence-corrected chi connectivity index (χ0v) is 15.4. The number of hydrogen-bond donors (Lipinski definition) is 1. The average Bonchev–Trinajstić information content (AvgIpc) is 2.95. The molecule has 0 unspecified atom stereocenters. The summed E-state index contributed by atoms with van der Waals surface area (Å²) in [5.41, 5.74) is 3.86. The van der Waals surface area contributed by atoms with E-state index in [1.165, 1.54) is 12.1 Å². The molecule has 0 bridgehead atoms. The van der Waals surface area contributed by atoms with Crippen molar-refractivity contribution in [1.82, 2.24) is 15.1 Å². The second kappa shape index (κ2) is 8.49. The number of benzene rings is 2. The first-order valence-electron chi connectivity index (χ1n) is 8.80. The summed E-state index contributed by atoms with van der Waals surface area (Å²) >= 11 is 0. The van der Waals surface area contributed by atoms with Gasteiger partial charge in [-0.2, -0.15) is 5.10 Å². The first-order valence-corrected chi connectivity index (χ1v) is 8.80. The highest BCUT2D eigenvalue weighted by molar-refractivity contribution is 5.76. The molecule has 0 spiro atoms. The maximum Gasteiger partial charge on any atom is 0.223 e. The highest BCUT2D eigenvalue weighted by atomic mass is 19.1. The Kier molecular flexibility index (Phi) is 5.86. The van der Waals surface area contributed by atoms with E-state index in [-0.39, 0.29) is 24.8 Å². The summed E-state index contributed by atoms with van der Waals surface area (Å²) in [6, 6.07) is 15.7. The molecule has 3 aromatic rings. The lowest BCUT2D eigenvalue weighted by Crippen LogP contribution is -2.25. The number of aryl methyl sites for hydroxylation is 1. The maximum atomic E-state index is 13.1. The Morgan fingerprint density at radius 2 is 1.93 bits per heavy atom. The molecule has 6 heteroatoms. The van der Waals surface area contributed by atoms with Crippen molar-refractivity contribution in [1.29, 1.82) is 0 Å². The monoisotopic (exact) mass is 367 g/mol. The first-order chi connectivity index (χ1) is 13.0. The lowest BCUT2D eigenvalue weighted by molar-refractivity contribution is -0.121. The van der Waals surface area contributed by atoms with E-state index < -0.39 is 0 Å². The number of para-hydroxylation sites is 1. The third-order valence-corrected chi connectivity index (χ3v) is 4.30. The van der Waals surface area contributed by atoms with Crippen molar-refractivity contribution in [3.8, 4) is 11.4 Å². The van der Waals surface area contributed by atoms with Crippen LogP contribution < -0.4 is 10.1 Å². The van der Waals surface area contributed by atoms with Crippen LogP contribution in [-0.2, 0) is 11.3 Å². The lowest BCUT2D eigenvalue weighted by atomic mass is 10.2. The van der Waals surface area contributed by atoms with Gasteiger partial charge in [-0.3, -0.25) is 4.79 Å². The van der Waals surface area contributed by atoms with Crippen LogP contribution >= 0.6 is 0 Å². The summed E-state index contributed by atoms with van der Waals surface area (Å²) in [7, 11) is 0. The minimum atomic E-state index is -0.363. The van der Waals surface area contributed by atoms with Gasteiger partial charge in [-0.15, -0.1) is 0 Å². The molecule has 1 N–H and O–H groups in total. The summed E-state index contributed by atoms with van der Waals surface area (Å²) < 4.78 is 20.4. The van der Waals surface area contributed by atoms with Gasteiger partial charge >= 0.3 is 0 Å². The highest BCUT2D eigenvalue weighted by Gasteiger charge is 2.13. The Labute approximate surface area is 157 Å². The van der Waals surface area contributed by atoms with Gasteiger partial charge in [0.1, 0.15) is 11.6 Å². The van der Waals surface area contributed by atoms with Crippen molar-refractivity contribution in [2.45, 2.75) is 26.8 Å². The Bertz CT molecular complexity index is 922. The molecule has 0 radical (unpaired) electrons. The number of nitrogens with one attached hydrogen (secondary N) is 1. The Hall–Kier alpha value is -3.15. The fourth-order valence-corrected chi connectivity index (χ4v) is 2.85. The van der Waals surface area contributed by atoms with Crippen molar-refractivity contribution in [2.24, 2.45) is 0 Å². The summed E-state index contributed by atoms with van der Waals surface area (Å²) in [6.07, 6.45) is 0.196. The molecule has 0 aliphatic carbocycles. The van der Waals surface area contributed by atoms with Crippen LogP contribution in [0.3, 0.4) is 0 Å². The molecule has 3 rings (SSSR count). The highest BCUT2D eigenvalue weighted by Crippen LogP contribution is 2.17. The van der Waals surface area contributed by atoms with Crippen LogP contribution in [0.5, 0.6) is 5.75 Å². The van der Waals surface area contributed by atoms with Gasteiger partial charge in [-0.05, 0) is 38.1 Å². The SMILES string of the molecule is Cc1nn(-c2ccccc2)c(C)c1CNC(=O)CCOc1cccc(F)c1. The fourth-order valence-electron chi connectivity index (χ4n) is 2.85. The molecule has 2 aromatic carbocycles. The van der Waals surface area contributed by atoms with E-state index in [0.29, 0.717) is 12.3 Å². The molecule has 0 atom stereocenters. The van der Waals surface area contributed by atoms with E-state index in [1.54, 1.807) is 12.1 Å². The van der Waals surface area contributed by atoms with Crippen molar-refractivity contribution >= 4 is 5.91 Å². The van der Waals surface area contributed by atoms with Gasteiger partial charge in [-0.1, -0.05) is 24.3 Å². The number of amides is 1. The molecule has 0 aliphatic heterocycles. The summed E-state index contributed by atoms with van der Waals surface area (Å²) in [4.78, 5) is 12.1. The molecular formula is C21H22FN3O2. The minimum absolute atomic E-state index is 0.127. The molecule has 1 amide bonds. The van der Waals surface area contributed by atoms with Crippen LogP contribution in [0.15, 0.2) is 54.6 Å². The van der Waals surface area contributed by atoms with Gasteiger partial charge in [0.25, 0.3) is 0 Å². The van der Waals surface area contributed by atoms with E-state index in [1.807, 2.05) is 48.9 Å². The van der Waals surface area contributed by atoms with Crippen LogP contribution in [0.4, 0.5) is 4.39 Å². The van der Waals surface area contributed by atoms with E-state index >= 15 is 0 Å². The predicted molar refractivity (Wildman–Crippen MR) is 101 cm³/mol. The number of hydrogen-bond acceptors (Lipinski definition) is 3. The van der Waals surface area contributed by atoms with Crippen molar-refractivity contribution < 1.29 is 13.9 Å². The molecule has 5 nitrogen and oxygen atoms in total. The van der Waals surface area contributed by atoms with Crippen LogP contribution in [-0.4, -0.2) is 22.3 Å². The second-order valence-electron chi connectivity index (χ2n) is 6.23. The molecule has 140 valence electrons. The topological polar surface area (TPSA) is 56.2 Å². The number of ether oxygens (including phenoxy) is 1.